The number of amides is 1. The van der Waals surface area contributed by atoms with E-state index in [9.17, 15) is 9.90 Å². The van der Waals surface area contributed by atoms with Gasteiger partial charge in [0.2, 0.25) is 0 Å². The lowest BCUT2D eigenvalue weighted by Crippen LogP contribution is -2.46. The second-order valence-electron chi connectivity index (χ2n) is 6.24. The SMILES string of the molecule is COc1ccc(N2CC(=CC[Si](C)(C)C)C2=O)cc1O. The molecule has 0 aliphatic carbocycles. The lowest BCUT2D eigenvalue weighted by atomic mass is 10.1. The molecule has 0 atom stereocenters. The zero-order valence-corrected chi connectivity index (χ0v) is 13.4. The van der Waals surface area contributed by atoms with E-state index in [4.69, 9.17) is 4.74 Å². The summed E-state index contributed by atoms with van der Waals surface area (Å²) in [7, 11) is 0.342. The van der Waals surface area contributed by atoms with E-state index in [0.29, 0.717) is 18.0 Å². The topological polar surface area (TPSA) is 49.8 Å². The molecule has 1 fully saturated rings. The number of allylic oxidation sites excluding steroid dienone is 1. The first-order valence-electron chi connectivity index (χ1n) is 6.70. The van der Waals surface area contributed by atoms with Gasteiger partial charge in [-0.15, -0.1) is 0 Å². The van der Waals surface area contributed by atoms with Gasteiger partial charge in [-0.25, -0.2) is 0 Å². The summed E-state index contributed by atoms with van der Waals surface area (Å²) in [6, 6.07) is 6.04. The van der Waals surface area contributed by atoms with Crippen LogP contribution in [0.4, 0.5) is 5.69 Å². The third-order valence-corrected chi connectivity index (χ3v) is 4.71. The van der Waals surface area contributed by atoms with Crippen molar-refractivity contribution in [1.82, 2.24) is 0 Å². The van der Waals surface area contributed by atoms with Crippen molar-refractivity contribution >= 4 is 19.7 Å². The van der Waals surface area contributed by atoms with Crippen molar-refractivity contribution in [3.05, 3.63) is 29.8 Å². The molecule has 1 heterocycles. The van der Waals surface area contributed by atoms with Crippen LogP contribution in [0, 0.1) is 0 Å². The molecule has 0 spiro atoms. The number of methoxy groups -OCH3 is 1. The molecule has 4 nitrogen and oxygen atoms in total. The number of carbonyl (C=O) groups excluding carboxylic acids is 1. The van der Waals surface area contributed by atoms with Crippen LogP contribution in [0.2, 0.25) is 25.7 Å². The number of hydrogen-bond acceptors (Lipinski definition) is 3. The largest absolute Gasteiger partial charge is 0.504 e. The highest BCUT2D eigenvalue weighted by molar-refractivity contribution is 6.76. The smallest absolute Gasteiger partial charge is 0.256 e. The van der Waals surface area contributed by atoms with Crippen LogP contribution in [0.1, 0.15) is 0 Å². The van der Waals surface area contributed by atoms with E-state index in [1.165, 1.54) is 7.11 Å². The molecule has 20 heavy (non-hydrogen) atoms. The fourth-order valence-electron chi connectivity index (χ4n) is 2.03. The number of carbonyl (C=O) groups is 1. The van der Waals surface area contributed by atoms with Crippen LogP contribution in [0.3, 0.4) is 0 Å². The van der Waals surface area contributed by atoms with Crippen LogP contribution in [-0.4, -0.2) is 32.7 Å². The molecule has 1 aromatic rings. The Balaban J connectivity index is 2.07. The summed E-state index contributed by atoms with van der Waals surface area (Å²) < 4.78 is 5.00. The van der Waals surface area contributed by atoms with E-state index in [1.807, 2.05) is 0 Å². The van der Waals surface area contributed by atoms with Crippen LogP contribution in [0.15, 0.2) is 29.8 Å². The maximum atomic E-state index is 12.1. The van der Waals surface area contributed by atoms with E-state index in [0.717, 1.165) is 11.6 Å². The molecule has 1 N–H and O–H groups in total. The number of ether oxygens (including phenoxy) is 1. The molecule has 2 rings (SSSR count). The summed E-state index contributed by atoms with van der Waals surface area (Å²) >= 11 is 0. The molecule has 0 saturated carbocycles. The average Bonchev–Trinajstić information content (AvgIpc) is 2.35. The van der Waals surface area contributed by atoms with Crippen molar-refractivity contribution in [3.8, 4) is 11.5 Å². The number of nitrogens with zero attached hydrogens (tertiary/aromatic N) is 1. The maximum absolute atomic E-state index is 12.1. The van der Waals surface area contributed by atoms with Gasteiger partial charge in [0.05, 0.1) is 13.7 Å². The fourth-order valence-corrected chi connectivity index (χ4v) is 2.89. The first-order valence-corrected chi connectivity index (χ1v) is 10.4. The Labute approximate surface area is 120 Å². The van der Waals surface area contributed by atoms with Crippen LogP contribution in [-0.2, 0) is 4.79 Å². The standard InChI is InChI=1S/C15H21NO3Si/c1-19-14-6-5-12(9-13(14)17)16-10-11(15(16)18)7-8-20(2,3)4/h5-7,9,17H,8,10H2,1-4H3. The van der Waals surface area contributed by atoms with Gasteiger partial charge in [-0.1, -0.05) is 25.7 Å². The van der Waals surface area contributed by atoms with Crippen molar-refractivity contribution in [3.63, 3.8) is 0 Å². The van der Waals surface area contributed by atoms with Gasteiger partial charge in [-0.2, -0.15) is 0 Å². The molecule has 0 radical (unpaired) electrons. The van der Waals surface area contributed by atoms with Gasteiger partial charge in [0.25, 0.3) is 5.91 Å². The van der Waals surface area contributed by atoms with Gasteiger partial charge in [0.15, 0.2) is 11.5 Å². The van der Waals surface area contributed by atoms with Crippen molar-refractivity contribution in [2.75, 3.05) is 18.6 Å². The molecule has 0 bridgehead atoms. The number of rotatable bonds is 4. The Morgan fingerprint density at radius 3 is 2.60 bits per heavy atom. The predicted molar refractivity (Wildman–Crippen MR) is 83.2 cm³/mol. The highest BCUT2D eigenvalue weighted by Gasteiger charge is 2.32. The normalized spacial score (nSPS) is 17.3. The Hall–Kier alpha value is -1.75. The van der Waals surface area contributed by atoms with Gasteiger partial charge in [-0.05, 0) is 18.2 Å². The Morgan fingerprint density at radius 2 is 2.10 bits per heavy atom. The Kier molecular flexibility index (Phi) is 3.90. The number of phenolic OH excluding ortho intramolecular Hbond substituents is 1. The number of anilines is 1. The highest BCUT2D eigenvalue weighted by atomic mass is 28.3. The quantitative estimate of drug-likeness (QED) is 0.527. The molecule has 1 aliphatic rings. The summed E-state index contributed by atoms with van der Waals surface area (Å²) in [5, 5.41) is 9.75. The minimum atomic E-state index is -1.16. The molecule has 1 saturated heterocycles. The summed E-state index contributed by atoms with van der Waals surface area (Å²) in [4.78, 5) is 13.8. The number of hydrogen-bond donors (Lipinski definition) is 1. The molecular weight excluding hydrogens is 270 g/mol. The zero-order valence-electron chi connectivity index (χ0n) is 12.4. The molecule has 1 aliphatic heterocycles. The summed E-state index contributed by atoms with van der Waals surface area (Å²) in [5.74, 6) is 0.501. The van der Waals surface area contributed by atoms with Crippen LogP contribution in [0.25, 0.3) is 0 Å². The minimum absolute atomic E-state index is 0.0350. The fraction of sp³-hybridized carbons (Fsp3) is 0.400. The number of aromatic hydroxyl groups is 1. The second-order valence-corrected chi connectivity index (χ2v) is 11.8. The molecule has 0 aromatic heterocycles. The van der Waals surface area contributed by atoms with E-state index in [-0.39, 0.29) is 11.7 Å². The lowest BCUT2D eigenvalue weighted by Gasteiger charge is -2.34. The zero-order chi connectivity index (χ0) is 14.9. The summed E-state index contributed by atoms with van der Waals surface area (Å²) in [5.41, 5.74) is 1.58. The average molecular weight is 291 g/mol. The number of phenols is 1. The second kappa shape index (κ2) is 5.32. The first-order chi connectivity index (χ1) is 9.31. The van der Waals surface area contributed by atoms with Crippen LogP contribution < -0.4 is 9.64 Å². The minimum Gasteiger partial charge on any atom is -0.504 e. The van der Waals surface area contributed by atoms with Crippen molar-refractivity contribution in [2.24, 2.45) is 0 Å². The third-order valence-electron chi connectivity index (χ3n) is 3.28. The van der Waals surface area contributed by atoms with Gasteiger partial charge >= 0.3 is 0 Å². The number of β-lactam (4-membered cyclic amide) rings is 1. The van der Waals surface area contributed by atoms with Gasteiger partial charge in [-0.3, -0.25) is 4.79 Å². The molecular formula is C15H21NO3Si. The van der Waals surface area contributed by atoms with E-state index < -0.39 is 8.07 Å². The monoisotopic (exact) mass is 291 g/mol. The van der Waals surface area contributed by atoms with Crippen LogP contribution >= 0.6 is 0 Å². The van der Waals surface area contributed by atoms with Crippen molar-refractivity contribution < 1.29 is 14.6 Å². The van der Waals surface area contributed by atoms with E-state index in [2.05, 4.69) is 25.7 Å². The van der Waals surface area contributed by atoms with Crippen molar-refractivity contribution in [1.29, 1.82) is 0 Å². The van der Waals surface area contributed by atoms with E-state index in [1.54, 1.807) is 23.1 Å². The molecule has 1 aromatic carbocycles. The third kappa shape index (κ3) is 3.04. The van der Waals surface area contributed by atoms with Gasteiger partial charge in [0.1, 0.15) is 0 Å². The van der Waals surface area contributed by atoms with Crippen molar-refractivity contribution in [2.45, 2.75) is 25.7 Å². The molecule has 1 amide bonds. The van der Waals surface area contributed by atoms with Gasteiger partial charge < -0.3 is 14.7 Å². The molecule has 108 valence electrons. The van der Waals surface area contributed by atoms with E-state index >= 15 is 0 Å². The number of benzene rings is 1. The Bertz CT molecular complexity index is 561. The first kappa shape index (κ1) is 14.7. The summed E-state index contributed by atoms with van der Waals surface area (Å²) in [6.07, 6.45) is 2.08. The molecule has 0 unspecified atom stereocenters. The Morgan fingerprint density at radius 1 is 1.40 bits per heavy atom. The molecule has 5 heteroatoms. The lowest BCUT2D eigenvalue weighted by molar-refractivity contribution is -0.117. The van der Waals surface area contributed by atoms with Crippen LogP contribution in [0.5, 0.6) is 11.5 Å². The predicted octanol–water partition coefficient (Wildman–Crippen LogP) is 3.01. The highest BCUT2D eigenvalue weighted by Crippen LogP contribution is 2.34. The summed E-state index contributed by atoms with van der Waals surface area (Å²) in [6.45, 7) is 7.47. The maximum Gasteiger partial charge on any atom is 0.256 e. The van der Waals surface area contributed by atoms with Gasteiger partial charge in [0, 0.05) is 25.4 Å².